The molecule has 0 aliphatic heterocycles. The Morgan fingerprint density at radius 2 is 2.12 bits per heavy atom. The van der Waals surface area contributed by atoms with Crippen molar-refractivity contribution in [2.75, 3.05) is 6.54 Å². The first-order valence-electron chi connectivity index (χ1n) is 8.67. The predicted octanol–water partition coefficient (Wildman–Crippen LogP) is 2.86. The van der Waals surface area contributed by atoms with Gasteiger partial charge in [0.1, 0.15) is 12.1 Å². The molecule has 0 aliphatic carbocycles. The Morgan fingerprint density at radius 3 is 2.85 bits per heavy atom. The number of halogens is 1. The van der Waals surface area contributed by atoms with Crippen LogP contribution in [0.5, 0.6) is 0 Å². The molecule has 1 amide bonds. The standard InChI is InChI=1S/C19H22FN5O/c1-4-24(11-15-6-5-7-16(20)10-15)18(26)9-8-17-13(2)23-19-21-12-22-25(19)14(17)3/h5-7,10,12H,4,8-9,11H2,1-3H3. The van der Waals surface area contributed by atoms with E-state index in [2.05, 4.69) is 15.1 Å². The molecular weight excluding hydrogens is 333 g/mol. The normalized spacial score (nSPS) is 11.1. The molecule has 3 rings (SSSR count). The van der Waals surface area contributed by atoms with Gasteiger partial charge in [-0.2, -0.15) is 10.1 Å². The molecule has 6 nitrogen and oxygen atoms in total. The summed E-state index contributed by atoms with van der Waals surface area (Å²) in [6.45, 7) is 6.79. The van der Waals surface area contributed by atoms with Crippen molar-refractivity contribution in [3.05, 3.63) is 58.9 Å². The summed E-state index contributed by atoms with van der Waals surface area (Å²) in [4.78, 5) is 22.9. The molecule has 0 saturated heterocycles. The van der Waals surface area contributed by atoms with Gasteiger partial charge in [-0.05, 0) is 50.5 Å². The molecule has 26 heavy (non-hydrogen) atoms. The van der Waals surface area contributed by atoms with Crippen molar-refractivity contribution in [2.24, 2.45) is 0 Å². The number of aromatic nitrogens is 4. The van der Waals surface area contributed by atoms with E-state index in [0.29, 0.717) is 31.7 Å². The second kappa shape index (κ2) is 7.59. The molecule has 7 heteroatoms. The number of benzene rings is 1. The molecule has 0 bridgehead atoms. The molecule has 3 aromatic rings. The monoisotopic (exact) mass is 355 g/mol. The highest BCUT2D eigenvalue weighted by atomic mass is 19.1. The maximum absolute atomic E-state index is 13.4. The second-order valence-corrected chi connectivity index (χ2v) is 6.27. The number of rotatable bonds is 6. The zero-order chi connectivity index (χ0) is 18.7. The van der Waals surface area contributed by atoms with Crippen LogP contribution in [0.25, 0.3) is 5.78 Å². The van der Waals surface area contributed by atoms with Crippen molar-refractivity contribution < 1.29 is 9.18 Å². The number of hydrogen-bond acceptors (Lipinski definition) is 4. The number of aryl methyl sites for hydroxylation is 2. The molecule has 0 saturated carbocycles. The lowest BCUT2D eigenvalue weighted by molar-refractivity contribution is -0.131. The minimum absolute atomic E-state index is 0.0363. The van der Waals surface area contributed by atoms with Crippen molar-refractivity contribution in [3.63, 3.8) is 0 Å². The zero-order valence-electron chi connectivity index (χ0n) is 15.2. The van der Waals surface area contributed by atoms with Crippen LogP contribution in [-0.2, 0) is 17.8 Å². The van der Waals surface area contributed by atoms with Crippen LogP contribution in [0.3, 0.4) is 0 Å². The summed E-state index contributed by atoms with van der Waals surface area (Å²) in [7, 11) is 0. The fourth-order valence-electron chi connectivity index (χ4n) is 3.14. The highest BCUT2D eigenvalue weighted by molar-refractivity contribution is 5.76. The molecule has 1 aromatic carbocycles. The fourth-order valence-corrected chi connectivity index (χ4v) is 3.14. The van der Waals surface area contributed by atoms with E-state index in [9.17, 15) is 9.18 Å². The summed E-state index contributed by atoms with van der Waals surface area (Å²) in [5.74, 6) is 0.315. The van der Waals surface area contributed by atoms with Crippen molar-refractivity contribution >= 4 is 11.7 Å². The van der Waals surface area contributed by atoms with Crippen LogP contribution in [0.4, 0.5) is 4.39 Å². The number of nitrogens with zero attached hydrogens (tertiary/aromatic N) is 5. The molecule has 2 heterocycles. The summed E-state index contributed by atoms with van der Waals surface area (Å²) >= 11 is 0. The van der Waals surface area contributed by atoms with E-state index >= 15 is 0 Å². The Hall–Kier alpha value is -2.83. The van der Waals surface area contributed by atoms with E-state index in [-0.39, 0.29) is 11.7 Å². The van der Waals surface area contributed by atoms with Crippen molar-refractivity contribution in [1.82, 2.24) is 24.5 Å². The van der Waals surface area contributed by atoms with Crippen LogP contribution in [0.2, 0.25) is 0 Å². The highest BCUT2D eigenvalue weighted by Crippen LogP contribution is 2.16. The summed E-state index contributed by atoms with van der Waals surface area (Å²) in [6.07, 6.45) is 2.42. The number of amides is 1. The van der Waals surface area contributed by atoms with Crippen LogP contribution >= 0.6 is 0 Å². The van der Waals surface area contributed by atoms with Gasteiger partial charge < -0.3 is 4.90 Å². The summed E-state index contributed by atoms with van der Waals surface area (Å²) < 4.78 is 15.0. The molecule has 0 N–H and O–H groups in total. The van der Waals surface area contributed by atoms with E-state index < -0.39 is 0 Å². The first-order chi connectivity index (χ1) is 12.5. The average molecular weight is 355 g/mol. The van der Waals surface area contributed by atoms with Gasteiger partial charge in [0.25, 0.3) is 5.78 Å². The van der Waals surface area contributed by atoms with Crippen LogP contribution in [0, 0.1) is 19.7 Å². The Balaban J connectivity index is 1.71. The molecule has 0 spiro atoms. The summed E-state index contributed by atoms with van der Waals surface area (Å²) in [5, 5.41) is 4.17. The first kappa shape index (κ1) is 18.0. The first-order valence-corrected chi connectivity index (χ1v) is 8.67. The summed E-state index contributed by atoms with van der Waals surface area (Å²) in [6, 6.07) is 6.36. The number of hydrogen-bond donors (Lipinski definition) is 0. The quantitative estimate of drug-likeness (QED) is 0.682. The van der Waals surface area contributed by atoms with Gasteiger partial charge in [-0.25, -0.2) is 13.9 Å². The third kappa shape index (κ3) is 3.71. The molecule has 2 aromatic heterocycles. The zero-order valence-corrected chi connectivity index (χ0v) is 15.2. The minimum atomic E-state index is -0.288. The van der Waals surface area contributed by atoms with Gasteiger partial charge in [-0.15, -0.1) is 0 Å². The molecule has 0 radical (unpaired) electrons. The average Bonchev–Trinajstić information content (AvgIpc) is 3.07. The number of fused-ring (bicyclic) bond motifs is 1. The summed E-state index contributed by atoms with van der Waals surface area (Å²) in [5.41, 5.74) is 3.62. The molecule has 136 valence electrons. The van der Waals surface area contributed by atoms with Crippen molar-refractivity contribution in [2.45, 2.75) is 40.2 Å². The van der Waals surface area contributed by atoms with E-state index in [0.717, 1.165) is 22.5 Å². The number of carbonyl (C=O) groups is 1. The third-order valence-electron chi connectivity index (χ3n) is 4.57. The van der Waals surface area contributed by atoms with Gasteiger partial charge in [0.2, 0.25) is 5.91 Å². The second-order valence-electron chi connectivity index (χ2n) is 6.27. The number of carbonyl (C=O) groups excluding carboxylic acids is 1. The van der Waals surface area contributed by atoms with Crippen LogP contribution in [0.1, 0.15) is 35.9 Å². The van der Waals surface area contributed by atoms with Crippen molar-refractivity contribution in [3.8, 4) is 0 Å². The molecular formula is C19H22FN5O. The van der Waals surface area contributed by atoms with E-state index in [1.165, 1.54) is 18.5 Å². The highest BCUT2D eigenvalue weighted by Gasteiger charge is 2.16. The lowest BCUT2D eigenvalue weighted by atomic mass is 10.1. The maximum atomic E-state index is 13.4. The Labute approximate surface area is 151 Å². The van der Waals surface area contributed by atoms with Gasteiger partial charge >= 0.3 is 0 Å². The van der Waals surface area contributed by atoms with E-state index in [1.807, 2.05) is 26.8 Å². The van der Waals surface area contributed by atoms with E-state index in [4.69, 9.17) is 0 Å². The van der Waals surface area contributed by atoms with Crippen molar-refractivity contribution in [1.29, 1.82) is 0 Å². The molecule has 0 fully saturated rings. The van der Waals surface area contributed by atoms with Gasteiger partial charge in [-0.1, -0.05) is 12.1 Å². The Kier molecular flexibility index (Phi) is 5.25. The molecule has 0 unspecified atom stereocenters. The third-order valence-corrected chi connectivity index (χ3v) is 4.57. The van der Waals surface area contributed by atoms with Gasteiger partial charge in [-0.3, -0.25) is 4.79 Å². The smallest absolute Gasteiger partial charge is 0.252 e. The Bertz CT molecular complexity index is 937. The molecule has 0 atom stereocenters. The lowest BCUT2D eigenvalue weighted by Gasteiger charge is -2.21. The van der Waals surface area contributed by atoms with Crippen LogP contribution in [0.15, 0.2) is 30.6 Å². The van der Waals surface area contributed by atoms with Gasteiger partial charge in [0, 0.05) is 30.9 Å². The largest absolute Gasteiger partial charge is 0.339 e. The molecule has 0 aliphatic rings. The maximum Gasteiger partial charge on any atom is 0.252 e. The minimum Gasteiger partial charge on any atom is -0.339 e. The van der Waals surface area contributed by atoms with Gasteiger partial charge in [0.05, 0.1) is 0 Å². The predicted molar refractivity (Wildman–Crippen MR) is 96.1 cm³/mol. The van der Waals surface area contributed by atoms with Gasteiger partial charge in [0.15, 0.2) is 0 Å². The SMILES string of the molecule is CCN(Cc1cccc(F)c1)C(=O)CCc1c(C)nc2ncnn2c1C. The van der Waals surface area contributed by atoms with Crippen LogP contribution < -0.4 is 0 Å². The van der Waals surface area contributed by atoms with E-state index in [1.54, 1.807) is 15.5 Å². The topological polar surface area (TPSA) is 63.4 Å². The van der Waals surface area contributed by atoms with Crippen LogP contribution in [-0.4, -0.2) is 36.9 Å². The fraction of sp³-hybridized carbons (Fsp3) is 0.368. The lowest BCUT2D eigenvalue weighted by Crippen LogP contribution is -2.30. The Morgan fingerprint density at radius 1 is 1.31 bits per heavy atom.